The van der Waals surface area contributed by atoms with Gasteiger partial charge in [-0.1, -0.05) is 28.4 Å². The normalized spacial score (nSPS) is 10.8. The summed E-state index contributed by atoms with van der Waals surface area (Å²) >= 11 is 11.8. The molecule has 0 amide bonds. The Morgan fingerprint density at radius 1 is 1.30 bits per heavy atom. The summed E-state index contributed by atoms with van der Waals surface area (Å²) in [6, 6.07) is 4.79. The zero-order chi connectivity index (χ0) is 14.9. The van der Waals surface area contributed by atoms with Crippen molar-refractivity contribution in [1.29, 1.82) is 0 Å². The molecule has 0 aliphatic heterocycles. The lowest BCUT2D eigenvalue weighted by Gasteiger charge is -2.07. The maximum atomic E-state index is 11.8. The van der Waals surface area contributed by atoms with Crippen molar-refractivity contribution in [3.63, 3.8) is 0 Å². The van der Waals surface area contributed by atoms with Crippen LogP contribution in [0.5, 0.6) is 0 Å². The molecule has 6 nitrogen and oxygen atoms in total. The van der Waals surface area contributed by atoms with Gasteiger partial charge in [-0.15, -0.1) is 5.10 Å². The molecule has 0 radical (unpaired) electrons. The molecule has 1 aromatic heterocycles. The van der Waals surface area contributed by atoms with Gasteiger partial charge in [0.25, 0.3) is 0 Å². The number of halogens is 2. The van der Waals surface area contributed by atoms with Crippen molar-refractivity contribution in [1.82, 2.24) is 15.0 Å². The van der Waals surface area contributed by atoms with E-state index in [2.05, 4.69) is 10.3 Å². The van der Waals surface area contributed by atoms with Crippen LogP contribution in [-0.2, 0) is 4.74 Å². The summed E-state index contributed by atoms with van der Waals surface area (Å²) in [4.78, 5) is 11.8. The summed E-state index contributed by atoms with van der Waals surface area (Å²) in [6.45, 7) is 3.46. The lowest BCUT2D eigenvalue weighted by molar-refractivity contribution is 0.0372. The highest BCUT2D eigenvalue weighted by Crippen LogP contribution is 2.24. The van der Waals surface area contributed by atoms with Gasteiger partial charge in [0.05, 0.1) is 11.8 Å². The predicted molar refractivity (Wildman–Crippen MR) is 76.3 cm³/mol. The van der Waals surface area contributed by atoms with E-state index in [1.807, 2.05) is 0 Å². The monoisotopic (exact) mass is 314 g/mol. The summed E-state index contributed by atoms with van der Waals surface area (Å²) in [5.41, 5.74) is 6.33. The molecule has 2 rings (SSSR count). The minimum atomic E-state index is -0.628. The average molecular weight is 315 g/mol. The number of nitrogens with two attached hydrogens (primary N) is 1. The first kappa shape index (κ1) is 14.6. The second kappa shape index (κ2) is 5.68. The molecule has 2 N–H and O–H groups in total. The Bertz CT molecular complexity index is 635. The van der Waals surface area contributed by atoms with Gasteiger partial charge in [0.1, 0.15) is 0 Å². The van der Waals surface area contributed by atoms with Crippen LogP contribution in [0.3, 0.4) is 0 Å². The van der Waals surface area contributed by atoms with Crippen LogP contribution >= 0.6 is 23.2 Å². The molecule has 0 saturated heterocycles. The Balaban J connectivity index is 2.40. The fourth-order valence-electron chi connectivity index (χ4n) is 1.56. The highest BCUT2D eigenvalue weighted by molar-refractivity contribution is 6.34. The van der Waals surface area contributed by atoms with Gasteiger partial charge in [0.15, 0.2) is 5.82 Å². The second-order valence-corrected chi connectivity index (χ2v) is 5.19. The molecular weight excluding hydrogens is 303 g/mol. The van der Waals surface area contributed by atoms with Crippen molar-refractivity contribution in [2.45, 2.75) is 20.0 Å². The summed E-state index contributed by atoms with van der Waals surface area (Å²) in [6.07, 6.45) is -0.271. The van der Waals surface area contributed by atoms with E-state index in [-0.39, 0.29) is 17.6 Å². The van der Waals surface area contributed by atoms with Gasteiger partial charge in [0.2, 0.25) is 5.69 Å². The molecule has 0 aliphatic carbocycles. The maximum Gasteiger partial charge on any atom is 0.363 e. The first-order chi connectivity index (χ1) is 9.38. The van der Waals surface area contributed by atoms with Gasteiger partial charge in [-0.3, -0.25) is 0 Å². The summed E-state index contributed by atoms with van der Waals surface area (Å²) in [5.74, 6) is -0.564. The zero-order valence-corrected chi connectivity index (χ0v) is 12.3. The Hall–Kier alpha value is -1.79. The van der Waals surface area contributed by atoms with E-state index in [0.29, 0.717) is 15.7 Å². The number of carbonyl (C=O) groups is 1. The molecule has 0 aliphatic rings. The van der Waals surface area contributed by atoms with E-state index < -0.39 is 5.97 Å². The number of anilines is 1. The van der Waals surface area contributed by atoms with Crippen molar-refractivity contribution < 1.29 is 9.53 Å². The quantitative estimate of drug-likeness (QED) is 0.881. The van der Waals surface area contributed by atoms with Crippen molar-refractivity contribution >= 4 is 35.0 Å². The third-order valence-corrected chi connectivity index (χ3v) is 2.77. The van der Waals surface area contributed by atoms with Gasteiger partial charge < -0.3 is 10.5 Å². The van der Waals surface area contributed by atoms with Crippen LogP contribution in [0.15, 0.2) is 18.2 Å². The Morgan fingerprint density at radius 2 is 1.90 bits per heavy atom. The van der Waals surface area contributed by atoms with Gasteiger partial charge in [-0.2, -0.15) is 4.68 Å². The average Bonchev–Trinajstić information content (AvgIpc) is 2.68. The molecular formula is C12H12Cl2N4O2. The number of hydrogen-bond acceptors (Lipinski definition) is 5. The first-order valence-electron chi connectivity index (χ1n) is 5.77. The van der Waals surface area contributed by atoms with Gasteiger partial charge in [-0.05, 0) is 32.0 Å². The van der Waals surface area contributed by atoms with Crippen LogP contribution in [0, 0.1) is 0 Å². The second-order valence-electron chi connectivity index (χ2n) is 4.32. The summed E-state index contributed by atoms with van der Waals surface area (Å²) in [7, 11) is 0. The number of hydrogen-bond donors (Lipinski definition) is 1. The largest absolute Gasteiger partial charge is 0.458 e. The summed E-state index contributed by atoms with van der Waals surface area (Å²) in [5, 5.41) is 8.40. The van der Waals surface area contributed by atoms with E-state index in [1.165, 1.54) is 4.68 Å². The number of nitrogens with zero attached hydrogens (tertiary/aromatic N) is 3. The molecule has 0 fully saturated rings. The standard InChI is InChI=1S/C12H12Cl2N4O2/c1-6(2)20-12(19)10-11(15)18(17-16-10)9-4-7(13)3-8(14)5-9/h3-6H,15H2,1-2H3. The third kappa shape index (κ3) is 3.02. The molecule has 0 bridgehead atoms. The Labute approximate surface area is 125 Å². The number of nitrogen functional groups attached to an aromatic ring is 1. The lowest BCUT2D eigenvalue weighted by atomic mass is 10.3. The number of aromatic nitrogens is 3. The van der Waals surface area contributed by atoms with E-state index >= 15 is 0 Å². The first-order valence-corrected chi connectivity index (χ1v) is 6.52. The van der Waals surface area contributed by atoms with Crippen LogP contribution in [0.4, 0.5) is 5.82 Å². The number of benzene rings is 1. The lowest BCUT2D eigenvalue weighted by Crippen LogP contribution is -2.14. The van der Waals surface area contributed by atoms with Crippen LogP contribution in [0.2, 0.25) is 10.0 Å². The Morgan fingerprint density at radius 3 is 2.45 bits per heavy atom. The molecule has 20 heavy (non-hydrogen) atoms. The molecule has 0 spiro atoms. The number of esters is 1. The fourth-order valence-corrected chi connectivity index (χ4v) is 2.07. The van der Waals surface area contributed by atoms with Crippen LogP contribution < -0.4 is 5.73 Å². The SMILES string of the molecule is CC(C)OC(=O)c1nnn(-c2cc(Cl)cc(Cl)c2)c1N. The van der Waals surface area contributed by atoms with E-state index in [9.17, 15) is 4.79 Å². The van der Waals surface area contributed by atoms with Crippen molar-refractivity contribution in [2.24, 2.45) is 0 Å². The predicted octanol–water partition coefficient (Wildman–Crippen LogP) is 2.72. The highest BCUT2D eigenvalue weighted by atomic mass is 35.5. The number of rotatable bonds is 3. The minimum Gasteiger partial charge on any atom is -0.458 e. The van der Waals surface area contributed by atoms with Crippen LogP contribution in [0.1, 0.15) is 24.3 Å². The van der Waals surface area contributed by atoms with Crippen molar-refractivity contribution in [3.8, 4) is 5.69 Å². The van der Waals surface area contributed by atoms with E-state index in [4.69, 9.17) is 33.7 Å². The number of carbonyl (C=O) groups excluding carboxylic acids is 1. The van der Waals surface area contributed by atoms with Crippen molar-refractivity contribution in [3.05, 3.63) is 33.9 Å². The molecule has 0 atom stereocenters. The van der Waals surface area contributed by atoms with E-state index in [0.717, 1.165) is 0 Å². The molecule has 106 valence electrons. The van der Waals surface area contributed by atoms with Gasteiger partial charge in [-0.25, -0.2) is 4.79 Å². The molecule has 8 heteroatoms. The molecule has 0 saturated carbocycles. The molecule has 1 heterocycles. The Kier molecular flexibility index (Phi) is 4.15. The zero-order valence-electron chi connectivity index (χ0n) is 10.8. The van der Waals surface area contributed by atoms with Crippen LogP contribution in [-0.4, -0.2) is 27.1 Å². The maximum absolute atomic E-state index is 11.8. The summed E-state index contributed by atoms with van der Waals surface area (Å²) < 4.78 is 6.30. The smallest absolute Gasteiger partial charge is 0.363 e. The molecule has 0 unspecified atom stereocenters. The topological polar surface area (TPSA) is 83.0 Å². The van der Waals surface area contributed by atoms with Crippen molar-refractivity contribution in [2.75, 3.05) is 5.73 Å². The van der Waals surface area contributed by atoms with Gasteiger partial charge in [0, 0.05) is 10.0 Å². The van der Waals surface area contributed by atoms with E-state index in [1.54, 1.807) is 32.0 Å². The fraction of sp³-hybridized carbons (Fsp3) is 0.250. The number of ether oxygens (including phenoxy) is 1. The molecule has 2 aromatic rings. The molecule has 1 aromatic carbocycles. The highest BCUT2D eigenvalue weighted by Gasteiger charge is 2.20. The minimum absolute atomic E-state index is 0.0465. The van der Waals surface area contributed by atoms with Gasteiger partial charge >= 0.3 is 5.97 Å². The van der Waals surface area contributed by atoms with Crippen LogP contribution in [0.25, 0.3) is 5.69 Å². The third-order valence-electron chi connectivity index (χ3n) is 2.33.